The number of aromatic nitrogens is 1. The van der Waals surface area contributed by atoms with Gasteiger partial charge in [0.25, 0.3) is 5.91 Å². The molecule has 1 unspecified atom stereocenters. The van der Waals surface area contributed by atoms with E-state index < -0.39 is 0 Å². The second-order valence-electron chi connectivity index (χ2n) is 3.78. The van der Waals surface area contributed by atoms with Gasteiger partial charge in [0.1, 0.15) is 5.69 Å². The third-order valence-corrected chi connectivity index (χ3v) is 2.53. The molecular weight excluding hydrogens is 208 g/mol. The van der Waals surface area contributed by atoms with Crippen LogP contribution in [0.25, 0.3) is 0 Å². The van der Waals surface area contributed by atoms with Crippen LogP contribution in [0.2, 0.25) is 0 Å². The minimum absolute atomic E-state index is 0.111. The second-order valence-corrected chi connectivity index (χ2v) is 3.78. The van der Waals surface area contributed by atoms with E-state index in [1.54, 1.807) is 0 Å². The molecule has 1 fully saturated rings. The fourth-order valence-electron chi connectivity index (χ4n) is 1.68. The summed E-state index contributed by atoms with van der Waals surface area (Å²) in [5, 5.41) is 2.73. The van der Waals surface area contributed by atoms with Crippen LogP contribution in [0.3, 0.4) is 0 Å². The summed E-state index contributed by atoms with van der Waals surface area (Å²) < 4.78 is 5.38. The highest BCUT2D eigenvalue weighted by Crippen LogP contribution is 2.10. The third kappa shape index (κ3) is 2.70. The van der Waals surface area contributed by atoms with E-state index >= 15 is 0 Å². The van der Waals surface area contributed by atoms with Crippen LogP contribution in [-0.2, 0) is 4.74 Å². The van der Waals surface area contributed by atoms with E-state index in [0.717, 1.165) is 19.4 Å². The van der Waals surface area contributed by atoms with Crippen LogP contribution in [0.15, 0.2) is 23.1 Å². The van der Waals surface area contributed by atoms with Crippen LogP contribution >= 0.6 is 0 Å². The minimum Gasteiger partial charge on any atom is -0.376 e. The van der Waals surface area contributed by atoms with E-state index in [1.165, 1.54) is 18.3 Å². The maximum atomic E-state index is 11.6. The van der Waals surface area contributed by atoms with Crippen molar-refractivity contribution in [2.45, 2.75) is 18.9 Å². The predicted octanol–water partition coefficient (Wildman–Crippen LogP) is 0.284. The van der Waals surface area contributed by atoms with Crippen LogP contribution in [0.5, 0.6) is 0 Å². The maximum absolute atomic E-state index is 11.6. The molecule has 0 saturated carbocycles. The number of H-pyrrole nitrogens is 1. The number of amides is 1. The van der Waals surface area contributed by atoms with Crippen molar-refractivity contribution >= 4 is 5.91 Å². The standard InChI is InChI=1S/C11H14N2O3/c14-8-3-4-12-10(6-8)11(15)13-7-9-2-1-5-16-9/h3-4,6,9H,1-2,5,7H2,(H,12,14)(H,13,15). The largest absolute Gasteiger partial charge is 0.376 e. The molecule has 0 radical (unpaired) electrons. The van der Waals surface area contributed by atoms with E-state index in [9.17, 15) is 9.59 Å². The van der Waals surface area contributed by atoms with Crippen molar-refractivity contribution in [2.24, 2.45) is 0 Å². The van der Waals surface area contributed by atoms with Gasteiger partial charge < -0.3 is 15.0 Å². The Morgan fingerprint density at radius 2 is 2.50 bits per heavy atom. The fourth-order valence-corrected chi connectivity index (χ4v) is 1.68. The van der Waals surface area contributed by atoms with Gasteiger partial charge in [0.2, 0.25) is 0 Å². The van der Waals surface area contributed by atoms with Gasteiger partial charge in [0.05, 0.1) is 6.10 Å². The number of hydrogen-bond acceptors (Lipinski definition) is 3. The summed E-state index contributed by atoms with van der Waals surface area (Å²) in [4.78, 5) is 25.4. The Kier molecular flexibility index (Phi) is 3.36. The van der Waals surface area contributed by atoms with Crippen molar-refractivity contribution in [3.8, 4) is 0 Å². The zero-order chi connectivity index (χ0) is 11.4. The van der Waals surface area contributed by atoms with Gasteiger partial charge in [-0.3, -0.25) is 9.59 Å². The lowest BCUT2D eigenvalue weighted by Gasteiger charge is -2.10. The predicted molar refractivity (Wildman–Crippen MR) is 58.4 cm³/mol. The highest BCUT2D eigenvalue weighted by Gasteiger charge is 2.16. The average molecular weight is 222 g/mol. The highest BCUT2D eigenvalue weighted by molar-refractivity contribution is 5.92. The lowest BCUT2D eigenvalue weighted by Crippen LogP contribution is -2.32. The molecule has 1 aromatic rings. The van der Waals surface area contributed by atoms with Crippen molar-refractivity contribution in [3.63, 3.8) is 0 Å². The van der Waals surface area contributed by atoms with Crippen molar-refractivity contribution < 1.29 is 9.53 Å². The summed E-state index contributed by atoms with van der Waals surface area (Å²) in [6, 6.07) is 2.65. The van der Waals surface area contributed by atoms with Crippen molar-refractivity contribution in [1.29, 1.82) is 0 Å². The molecule has 16 heavy (non-hydrogen) atoms. The smallest absolute Gasteiger partial charge is 0.267 e. The molecular formula is C11H14N2O3. The van der Waals surface area contributed by atoms with Gasteiger partial charge in [-0.2, -0.15) is 0 Å². The Morgan fingerprint density at radius 3 is 3.19 bits per heavy atom. The molecule has 2 rings (SSSR count). The Labute approximate surface area is 92.8 Å². The number of ether oxygens (including phenoxy) is 1. The number of rotatable bonds is 3. The summed E-state index contributed by atoms with van der Waals surface area (Å²) in [6.07, 6.45) is 3.59. The number of nitrogens with one attached hydrogen (secondary N) is 2. The first-order valence-corrected chi connectivity index (χ1v) is 5.34. The first kappa shape index (κ1) is 10.9. The molecule has 1 aliphatic rings. The van der Waals surface area contributed by atoms with Gasteiger partial charge in [-0.1, -0.05) is 0 Å². The first-order valence-electron chi connectivity index (χ1n) is 5.34. The normalized spacial score (nSPS) is 19.6. The van der Waals surface area contributed by atoms with E-state index in [2.05, 4.69) is 10.3 Å². The molecule has 5 heteroatoms. The summed E-state index contributed by atoms with van der Waals surface area (Å²) in [5.41, 5.74) is 0.103. The van der Waals surface area contributed by atoms with Crippen LogP contribution in [-0.4, -0.2) is 30.1 Å². The van der Waals surface area contributed by atoms with Crippen LogP contribution in [0, 0.1) is 0 Å². The molecule has 0 spiro atoms. The molecule has 1 amide bonds. The second kappa shape index (κ2) is 4.94. The zero-order valence-electron chi connectivity index (χ0n) is 8.86. The van der Waals surface area contributed by atoms with Gasteiger partial charge in [-0.05, 0) is 12.8 Å². The van der Waals surface area contributed by atoms with Gasteiger partial charge in [0.15, 0.2) is 5.43 Å². The summed E-state index contributed by atoms with van der Waals surface area (Å²) >= 11 is 0. The first-order chi connectivity index (χ1) is 7.75. The number of pyridine rings is 1. The Hall–Kier alpha value is -1.62. The lowest BCUT2D eigenvalue weighted by molar-refractivity contribution is 0.0853. The molecule has 86 valence electrons. The molecule has 0 aliphatic carbocycles. The molecule has 1 aliphatic heterocycles. The van der Waals surface area contributed by atoms with Gasteiger partial charge in [-0.25, -0.2) is 0 Å². The van der Waals surface area contributed by atoms with E-state index in [1.807, 2.05) is 0 Å². The Morgan fingerprint density at radius 1 is 1.62 bits per heavy atom. The van der Waals surface area contributed by atoms with Crippen molar-refractivity contribution in [3.05, 3.63) is 34.2 Å². The highest BCUT2D eigenvalue weighted by atomic mass is 16.5. The number of carbonyl (C=O) groups is 1. The monoisotopic (exact) mass is 222 g/mol. The zero-order valence-corrected chi connectivity index (χ0v) is 8.86. The Bertz CT molecular complexity index is 421. The summed E-state index contributed by atoms with van der Waals surface area (Å²) in [5.74, 6) is -0.270. The van der Waals surface area contributed by atoms with Gasteiger partial charge in [-0.15, -0.1) is 0 Å². The third-order valence-electron chi connectivity index (χ3n) is 2.53. The van der Waals surface area contributed by atoms with Crippen LogP contribution in [0.1, 0.15) is 23.3 Å². The summed E-state index contributed by atoms with van der Waals surface area (Å²) in [7, 11) is 0. The van der Waals surface area contributed by atoms with Crippen molar-refractivity contribution in [2.75, 3.05) is 13.2 Å². The number of aromatic amines is 1. The minimum atomic E-state index is -0.270. The lowest BCUT2D eigenvalue weighted by atomic mass is 10.2. The molecule has 5 nitrogen and oxygen atoms in total. The van der Waals surface area contributed by atoms with Crippen LogP contribution in [0.4, 0.5) is 0 Å². The quantitative estimate of drug-likeness (QED) is 0.771. The molecule has 1 saturated heterocycles. The SMILES string of the molecule is O=C(NCC1CCCO1)c1cc(=O)cc[nH]1. The van der Waals surface area contributed by atoms with Crippen LogP contribution < -0.4 is 10.7 Å². The number of hydrogen-bond donors (Lipinski definition) is 2. The van der Waals surface area contributed by atoms with Gasteiger partial charge >= 0.3 is 0 Å². The molecule has 1 aromatic heterocycles. The molecule has 2 N–H and O–H groups in total. The van der Waals surface area contributed by atoms with E-state index in [-0.39, 0.29) is 23.1 Å². The maximum Gasteiger partial charge on any atom is 0.267 e. The number of carbonyl (C=O) groups excluding carboxylic acids is 1. The van der Waals surface area contributed by atoms with Crippen molar-refractivity contribution in [1.82, 2.24) is 10.3 Å². The fraction of sp³-hybridized carbons (Fsp3) is 0.455. The molecule has 0 aromatic carbocycles. The van der Waals surface area contributed by atoms with E-state index in [4.69, 9.17) is 4.74 Å². The topological polar surface area (TPSA) is 71.2 Å². The summed E-state index contributed by atoms with van der Waals surface area (Å²) in [6.45, 7) is 1.26. The molecule has 1 atom stereocenters. The molecule has 2 heterocycles. The Balaban J connectivity index is 1.90. The van der Waals surface area contributed by atoms with E-state index in [0.29, 0.717) is 6.54 Å². The average Bonchev–Trinajstić information content (AvgIpc) is 2.78. The molecule has 0 bridgehead atoms. The van der Waals surface area contributed by atoms with Gasteiger partial charge in [0, 0.05) is 31.5 Å².